The van der Waals surface area contributed by atoms with E-state index in [9.17, 15) is 9.90 Å². The van der Waals surface area contributed by atoms with Crippen molar-refractivity contribution in [3.8, 4) is 0 Å². The molecule has 1 aliphatic heterocycles. The van der Waals surface area contributed by atoms with Crippen LogP contribution in [0.15, 0.2) is 12.1 Å². The largest absolute Gasteiger partial charge is 0.478 e. The average Bonchev–Trinajstić information content (AvgIpc) is 2.38. The number of rotatable bonds is 3. The summed E-state index contributed by atoms with van der Waals surface area (Å²) in [5.41, 5.74) is 6.84. The number of nitrogens with two attached hydrogens (primary N) is 1. The highest BCUT2D eigenvalue weighted by Gasteiger charge is 2.24. The first-order chi connectivity index (χ1) is 9.02. The van der Waals surface area contributed by atoms with Gasteiger partial charge in [-0.2, -0.15) is 11.8 Å². The maximum atomic E-state index is 11.3. The minimum Gasteiger partial charge on any atom is -0.478 e. The topological polar surface area (TPSA) is 66.6 Å². The molecule has 0 aliphatic carbocycles. The van der Waals surface area contributed by atoms with Gasteiger partial charge in [0.25, 0.3) is 0 Å². The van der Waals surface area contributed by atoms with Crippen LogP contribution >= 0.6 is 23.4 Å². The predicted octanol–water partition coefficient (Wildman–Crippen LogP) is 2.95. The van der Waals surface area contributed by atoms with Crippen LogP contribution in [0.1, 0.15) is 23.2 Å². The molecule has 0 saturated carbocycles. The van der Waals surface area contributed by atoms with E-state index in [4.69, 9.17) is 17.3 Å². The van der Waals surface area contributed by atoms with Crippen molar-refractivity contribution in [3.63, 3.8) is 0 Å². The molecule has 0 amide bonds. The molecule has 0 spiro atoms. The van der Waals surface area contributed by atoms with Crippen LogP contribution in [-0.2, 0) is 0 Å². The van der Waals surface area contributed by atoms with E-state index in [2.05, 4.69) is 11.2 Å². The van der Waals surface area contributed by atoms with Crippen molar-refractivity contribution in [2.75, 3.05) is 30.0 Å². The van der Waals surface area contributed by atoms with Gasteiger partial charge < -0.3 is 15.7 Å². The summed E-state index contributed by atoms with van der Waals surface area (Å²) in [7, 11) is 0. The second-order valence-electron chi connectivity index (χ2n) is 4.63. The lowest BCUT2D eigenvalue weighted by molar-refractivity contribution is 0.0697. The lowest BCUT2D eigenvalue weighted by Crippen LogP contribution is -2.35. The van der Waals surface area contributed by atoms with Crippen LogP contribution in [0.25, 0.3) is 0 Å². The Bertz CT molecular complexity index is 488. The van der Waals surface area contributed by atoms with Crippen molar-refractivity contribution >= 4 is 40.7 Å². The van der Waals surface area contributed by atoms with Gasteiger partial charge in [-0.15, -0.1) is 0 Å². The smallest absolute Gasteiger partial charge is 0.337 e. The van der Waals surface area contributed by atoms with Crippen LogP contribution in [-0.4, -0.2) is 35.7 Å². The summed E-state index contributed by atoms with van der Waals surface area (Å²) in [6.45, 7) is 1.66. The summed E-state index contributed by atoms with van der Waals surface area (Å²) in [5, 5.41) is 10.4. The number of hydrogen-bond donors (Lipinski definition) is 2. The monoisotopic (exact) mass is 300 g/mol. The van der Waals surface area contributed by atoms with E-state index in [0.717, 1.165) is 25.9 Å². The Morgan fingerprint density at radius 3 is 2.63 bits per heavy atom. The summed E-state index contributed by atoms with van der Waals surface area (Å²) in [6.07, 6.45) is 4.20. The molecular weight excluding hydrogens is 284 g/mol. The van der Waals surface area contributed by atoms with Gasteiger partial charge in [0.1, 0.15) is 0 Å². The molecule has 19 heavy (non-hydrogen) atoms. The highest BCUT2D eigenvalue weighted by Crippen LogP contribution is 2.35. The third kappa shape index (κ3) is 3.09. The summed E-state index contributed by atoms with van der Waals surface area (Å²) in [6, 6.07) is 3.09. The summed E-state index contributed by atoms with van der Waals surface area (Å²) in [5.74, 6) is -0.990. The number of benzene rings is 1. The van der Waals surface area contributed by atoms with Gasteiger partial charge in [-0.05, 0) is 31.2 Å². The summed E-state index contributed by atoms with van der Waals surface area (Å²) >= 11 is 8.06. The third-order valence-corrected chi connectivity index (χ3v) is 4.83. The molecule has 6 heteroatoms. The Balaban J connectivity index is 2.32. The zero-order valence-electron chi connectivity index (χ0n) is 10.7. The zero-order chi connectivity index (χ0) is 14.0. The maximum Gasteiger partial charge on any atom is 0.337 e. The van der Waals surface area contributed by atoms with Crippen LogP contribution in [0.5, 0.6) is 0 Å². The molecular formula is C13H17ClN2O2S. The van der Waals surface area contributed by atoms with Gasteiger partial charge in [0, 0.05) is 24.0 Å². The van der Waals surface area contributed by atoms with Crippen LogP contribution < -0.4 is 10.6 Å². The average molecular weight is 301 g/mol. The van der Waals surface area contributed by atoms with Gasteiger partial charge in [0.2, 0.25) is 0 Å². The summed E-state index contributed by atoms with van der Waals surface area (Å²) < 4.78 is 0. The number of thioether (sulfide) groups is 1. The van der Waals surface area contributed by atoms with E-state index < -0.39 is 5.97 Å². The molecule has 1 aromatic rings. The first-order valence-electron chi connectivity index (χ1n) is 6.13. The molecule has 3 N–H and O–H groups in total. The quantitative estimate of drug-likeness (QED) is 0.840. The Morgan fingerprint density at radius 2 is 2.11 bits per heavy atom. The van der Waals surface area contributed by atoms with Crippen molar-refractivity contribution in [3.05, 3.63) is 22.7 Å². The minimum atomic E-state index is -0.990. The van der Waals surface area contributed by atoms with Gasteiger partial charge in [0.15, 0.2) is 0 Å². The molecule has 1 fully saturated rings. The fourth-order valence-electron chi connectivity index (χ4n) is 2.42. The molecule has 4 nitrogen and oxygen atoms in total. The molecule has 0 bridgehead atoms. The van der Waals surface area contributed by atoms with Crippen molar-refractivity contribution in [2.24, 2.45) is 0 Å². The molecule has 104 valence electrons. The predicted molar refractivity (Wildman–Crippen MR) is 81.6 cm³/mol. The number of anilines is 2. The first kappa shape index (κ1) is 14.3. The zero-order valence-corrected chi connectivity index (χ0v) is 12.3. The van der Waals surface area contributed by atoms with Gasteiger partial charge in [-0.3, -0.25) is 0 Å². The van der Waals surface area contributed by atoms with Crippen LogP contribution in [0, 0.1) is 0 Å². The van der Waals surface area contributed by atoms with Gasteiger partial charge >= 0.3 is 5.97 Å². The highest BCUT2D eigenvalue weighted by atomic mass is 35.5. The van der Waals surface area contributed by atoms with Crippen molar-refractivity contribution in [1.29, 1.82) is 0 Å². The molecule has 0 unspecified atom stereocenters. The molecule has 0 radical (unpaired) electrons. The van der Waals surface area contributed by atoms with Crippen molar-refractivity contribution in [2.45, 2.75) is 18.1 Å². The molecule has 1 aromatic carbocycles. The minimum absolute atomic E-state index is 0.188. The number of aromatic carboxylic acids is 1. The Kier molecular flexibility index (Phi) is 4.47. The SMILES string of the molecule is CSC1CCN(c2c(Cl)cc(N)cc2C(=O)O)CC1. The Hall–Kier alpha value is -1.07. The Morgan fingerprint density at radius 1 is 1.47 bits per heavy atom. The van der Waals surface area contributed by atoms with Crippen LogP contribution in [0.3, 0.4) is 0 Å². The second kappa shape index (κ2) is 5.92. The summed E-state index contributed by atoms with van der Waals surface area (Å²) in [4.78, 5) is 13.4. The fourth-order valence-corrected chi connectivity index (χ4v) is 3.45. The lowest BCUT2D eigenvalue weighted by atomic mass is 10.1. The van der Waals surface area contributed by atoms with Crippen LogP contribution in [0.4, 0.5) is 11.4 Å². The fraction of sp³-hybridized carbons (Fsp3) is 0.462. The molecule has 1 aliphatic rings. The number of halogens is 1. The van der Waals surface area contributed by atoms with E-state index in [1.54, 1.807) is 6.07 Å². The van der Waals surface area contributed by atoms with Crippen molar-refractivity contribution in [1.82, 2.24) is 0 Å². The molecule has 0 atom stereocenters. The molecule has 0 aromatic heterocycles. The standard InChI is InChI=1S/C13H17ClN2O2S/c1-19-9-2-4-16(5-3-9)12-10(13(17)18)6-8(15)7-11(12)14/h6-7,9H,2-5,15H2,1H3,(H,17,18). The number of hydrogen-bond acceptors (Lipinski definition) is 4. The van der Waals surface area contributed by atoms with E-state index in [-0.39, 0.29) is 5.56 Å². The third-order valence-electron chi connectivity index (χ3n) is 3.41. The number of carboxylic acids is 1. The number of carboxylic acid groups (broad SMARTS) is 1. The van der Waals surface area contributed by atoms with E-state index in [1.807, 2.05) is 11.8 Å². The second-order valence-corrected chi connectivity index (χ2v) is 6.17. The van der Waals surface area contributed by atoms with E-state index >= 15 is 0 Å². The number of carbonyl (C=O) groups is 1. The number of piperidine rings is 1. The molecule has 2 rings (SSSR count). The molecule has 1 saturated heterocycles. The number of nitrogen functional groups attached to an aromatic ring is 1. The molecule has 1 heterocycles. The van der Waals surface area contributed by atoms with E-state index in [0.29, 0.717) is 21.6 Å². The lowest BCUT2D eigenvalue weighted by Gasteiger charge is -2.34. The first-order valence-corrected chi connectivity index (χ1v) is 7.79. The normalized spacial score (nSPS) is 16.6. The highest BCUT2D eigenvalue weighted by molar-refractivity contribution is 7.99. The van der Waals surface area contributed by atoms with E-state index in [1.165, 1.54) is 6.07 Å². The Labute approximate surface area is 121 Å². The van der Waals surface area contributed by atoms with Gasteiger partial charge in [-0.1, -0.05) is 11.6 Å². The van der Waals surface area contributed by atoms with Gasteiger partial charge in [0.05, 0.1) is 16.3 Å². The maximum absolute atomic E-state index is 11.3. The van der Waals surface area contributed by atoms with Crippen LogP contribution in [0.2, 0.25) is 5.02 Å². The van der Waals surface area contributed by atoms with Gasteiger partial charge in [-0.25, -0.2) is 4.79 Å². The van der Waals surface area contributed by atoms with Crippen molar-refractivity contribution < 1.29 is 9.90 Å². The number of nitrogens with zero attached hydrogens (tertiary/aromatic N) is 1.